The first-order chi connectivity index (χ1) is 11.8. The average Bonchev–Trinajstić information content (AvgIpc) is 3.27. The summed E-state index contributed by atoms with van der Waals surface area (Å²) in [5, 5.41) is 1.02. The van der Waals surface area contributed by atoms with Crippen molar-refractivity contribution in [2.45, 2.75) is 38.3 Å². The second-order valence-corrected chi connectivity index (χ2v) is 7.46. The van der Waals surface area contributed by atoms with E-state index < -0.39 is 0 Å². The quantitative estimate of drug-likeness (QED) is 0.717. The Bertz CT molecular complexity index is 638. The summed E-state index contributed by atoms with van der Waals surface area (Å²) >= 11 is 1.75. The second kappa shape index (κ2) is 8.60. The lowest BCUT2D eigenvalue weighted by Crippen LogP contribution is -2.20. The fraction of sp³-hybridized carbons (Fsp3) is 0.526. The van der Waals surface area contributed by atoms with Crippen molar-refractivity contribution in [1.82, 2.24) is 9.88 Å². The third-order valence-corrected chi connectivity index (χ3v) is 5.42. The van der Waals surface area contributed by atoms with Crippen LogP contribution in [0.1, 0.15) is 30.6 Å². The lowest BCUT2D eigenvalue weighted by molar-refractivity contribution is 0.0995. The minimum Gasteiger partial charge on any atom is -0.496 e. The van der Waals surface area contributed by atoms with Crippen molar-refractivity contribution in [3.63, 3.8) is 0 Å². The Morgan fingerprint density at radius 3 is 3.04 bits per heavy atom. The van der Waals surface area contributed by atoms with E-state index in [4.69, 9.17) is 9.47 Å². The van der Waals surface area contributed by atoms with E-state index in [2.05, 4.69) is 23.0 Å². The molecule has 0 spiro atoms. The van der Waals surface area contributed by atoms with Crippen LogP contribution in [0.2, 0.25) is 0 Å². The number of hydrogen-bond acceptors (Lipinski definition) is 5. The number of hydrogen-bond donors (Lipinski definition) is 0. The molecule has 1 unspecified atom stereocenters. The third kappa shape index (κ3) is 4.56. The monoisotopic (exact) mass is 346 g/mol. The van der Waals surface area contributed by atoms with Crippen molar-refractivity contribution >= 4 is 11.3 Å². The van der Waals surface area contributed by atoms with Crippen molar-refractivity contribution in [2.24, 2.45) is 0 Å². The molecule has 0 bridgehead atoms. The molecule has 1 saturated heterocycles. The maximum absolute atomic E-state index is 5.69. The highest BCUT2D eigenvalue weighted by molar-refractivity contribution is 7.15. The molecule has 1 aromatic carbocycles. The zero-order valence-corrected chi connectivity index (χ0v) is 15.3. The van der Waals surface area contributed by atoms with Gasteiger partial charge in [-0.05, 0) is 51.4 Å². The fourth-order valence-electron chi connectivity index (χ4n) is 3.13. The molecule has 0 amide bonds. The van der Waals surface area contributed by atoms with E-state index in [-0.39, 0.29) is 0 Å². The van der Waals surface area contributed by atoms with E-state index in [9.17, 15) is 0 Å². The summed E-state index contributed by atoms with van der Waals surface area (Å²) in [6, 6.07) is 8.05. The van der Waals surface area contributed by atoms with Crippen molar-refractivity contribution in [3.8, 4) is 16.3 Å². The summed E-state index contributed by atoms with van der Waals surface area (Å²) in [6.07, 6.45) is 7.33. The van der Waals surface area contributed by atoms with E-state index in [1.165, 1.54) is 30.6 Å². The molecule has 5 heteroatoms. The number of nitrogens with zero attached hydrogens (tertiary/aromatic N) is 2. The summed E-state index contributed by atoms with van der Waals surface area (Å²) in [6.45, 7) is 2.99. The molecule has 0 radical (unpaired) electrons. The van der Waals surface area contributed by atoms with Crippen LogP contribution in [-0.4, -0.2) is 43.3 Å². The molecule has 0 saturated carbocycles. The van der Waals surface area contributed by atoms with Gasteiger partial charge in [0.2, 0.25) is 0 Å². The van der Waals surface area contributed by atoms with Gasteiger partial charge in [0.25, 0.3) is 0 Å². The second-order valence-electron chi connectivity index (χ2n) is 6.35. The van der Waals surface area contributed by atoms with Gasteiger partial charge in [0.15, 0.2) is 0 Å². The third-order valence-electron chi connectivity index (χ3n) is 4.41. The van der Waals surface area contributed by atoms with Gasteiger partial charge in [-0.15, -0.1) is 11.3 Å². The molecule has 3 rings (SSSR count). The number of ether oxygens (including phenoxy) is 2. The van der Waals surface area contributed by atoms with E-state index in [1.54, 1.807) is 18.4 Å². The van der Waals surface area contributed by atoms with E-state index in [0.717, 1.165) is 36.0 Å². The predicted molar refractivity (Wildman–Crippen MR) is 98.6 cm³/mol. The molecule has 4 nitrogen and oxygen atoms in total. The van der Waals surface area contributed by atoms with Crippen LogP contribution < -0.4 is 4.74 Å². The average molecular weight is 346 g/mol. The molecule has 1 fully saturated rings. The van der Waals surface area contributed by atoms with Gasteiger partial charge in [0, 0.05) is 24.2 Å². The van der Waals surface area contributed by atoms with Crippen LogP contribution in [0, 0.1) is 0 Å². The lowest BCUT2D eigenvalue weighted by atomic mass is 10.1. The van der Waals surface area contributed by atoms with Gasteiger partial charge in [0.05, 0.1) is 18.8 Å². The van der Waals surface area contributed by atoms with Crippen LogP contribution in [0.5, 0.6) is 5.75 Å². The zero-order chi connectivity index (χ0) is 16.8. The van der Waals surface area contributed by atoms with Crippen molar-refractivity contribution in [2.75, 3.05) is 27.3 Å². The predicted octanol–water partition coefficient (Wildman–Crippen LogP) is 4.21. The maximum atomic E-state index is 5.69. The zero-order valence-electron chi connectivity index (χ0n) is 14.5. The number of benzene rings is 1. The Labute approximate surface area is 148 Å². The molecule has 1 atom stereocenters. The maximum Gasteiger partial charge on any atom is 0.129 e. The van der Waals surface area contributed by atoms with Crippen LogP contribution in [0.15, 0.2) is 30.5 Å². The Kier molecular flexibility index (Phi) is 6.24. The Balaban J connectivity index is 1.51. The lowest BCUT2D eigenvalue weighted by Gasteiger charge is -2.16. The molecule has 0 N–H and O–H groups in total. The summed E-state index contributed by atoms with van der Waals surface area (Å²) in [7, 11) is 3.88. The molecular formula is C19H26N2O2S. The highest BCUT2D eigenvalue weighted by Gasteiger charge is 2.15. The Morgan fingerprint density at radius 2 is 2.25 bits per heavy atom. The highest BCUT2D eigenvalue weighted by Crippen LogP contribution is 2.32. The van der Waals surface area contributed by atoms with Crippen LogP contribution in [0.3, 0.4) is 0 Å². The molecule has 2 aromatic rings. The number of thiazole rings is 1. The minimum absolute atomic E-state index is 0.499. The molecular weight excluding hydrogens is 320 g/mol. The first-order valence-corrected chi connectivity index (χ1v) is 9.46. The molecule has 2 heterocycles. The molecule has 1 aliphatic heterocycles. The number of para-hydroxylation sites is 1. The van der Waals surface area contributed by atoms with Gasteiger partial charge in [-0.2, -0.15) is 0 Å². The smallest absolute Gasteiger partial charge is 0.129 e. The van der Waals surface area contributed by atoms with Crippen LogP contribution in [-0.2, 0) is 11.3 Å². The first kappa shape index (κ1) is 17.4. The number of rotatable bonds is 8. The van der Waals surface area contributed by atoms with Gasteiger partial charge >= 0.3 is 0 Å². The molecule has 130 valence electrons. The standard InChI is InChI=1S/C19H26N2O2S/c1-21(11-5-7-15-8-6-12-23-15)14-16-13-20-19(24-16)17-9-3-4-10-18(17)22-2/h3-4,9-10,13,15H,5-8,11-12,14H2,1-2H3. The summed E-state index contributed by atoms with van der Waals surface area (Å²) < 4.78 is 11.1. The first-order valence-electron chi connectivity index (χ1n) is 8.64. The van der Waals surface area contributed by atoms with Gasteiger partial charge in [-0.3, -0.25) is 0 Å². The fourth-order valence-corrected chi connectivity index (χ4v) is 4.16. The van der Waals surface area contributed by atoms with Crippen molar-refractivity contribution in [3.05, 3.63) is 35.3 Å². The van der Waals surface area contributed by atoms with E-state index >= 15 is 0 Å². The van der Waals surface area contributed by atoms with Gasteiger partial charge in [-0.1, -0.05) is 12.1 Å². The summed E-state index contributed by atoms with van der Waals surface area (Å²) in [5.41, 5.74) is 1.07. The van der Waals surface area contributed by atoms with Gasteiger partial charge in [-0.25, -0.2) is 4.98 Å². The topological polar surface area (TPSA) is 34.6 Å². The Morgan fingerprint density at radius 1 is 1.38 bits per heavy atom. The molecule has 24 heavy (non-hydrogen) atoms. The van der Waals surface area contributed by atoms with Crippen LogP contribution in [0.25, 0.3) is 10.6 Å². The normalized spacial score (nSPS) is 17.5. The van der Waals surface area contributed by atoms with E-state index in [1.807, 2.05) is 24.4 Å². The SMILES string of the molecule is COc1ccccc1-c1ncc(CN(C)CCCC2CCCO2)s1. The highest BCUT2D eigenvalue weighted by atomic mass is 32.1. The summed E-state index contributed by atoms with van der Waals surface area (Å²) in [5.74, 6) is 0.878. The van der Waals surface area contributed by atoms with Crippen LogP contribution >= 0.6 is 11.3 Å². The van der Waals surface area contributed by atoms with Crippen LogP contribution in [0.4, 0.5) is 0 Å². The van der Waals surface area contributed by atoms with Gasteiger partial charge in [0.1, 0.15) is 10.8 Å². The van der Waals surface area contributed by atoms with E-state index in [0.29, 0.717) is 6.10 Å². The summed E-state index contributed by atoms with van der Waals surface area (Å²) in [4.78, 5) is 8.24. The van der Waals surface area contributed by atoms with Crippen molar-refractivity contribution < 1.29 is 9.47 Å². The minimum atomic E-state index is 0.499. The number of aromatic nitrogens is 1. The number of methoxy groups -OCH3 is 1. The molecule has 1 aromatic heterocycles. The Hall–Kier alpha value is -1.43. The molecule has 1 aliphatic rings. The van der Waals surface area contributed by atoms with Crippen molar-refractivity contribution in [1.29, 1.82) is 0 Å². The van der Waals surface area contributed by atoms with Gasteiger partial charge < -0.3 is 14.4 Å². The largest absolute Gasteiger partial charge is 0.496 e. The molecule has 0 aliphatic carbocycles.